The molecule has 0 amide bonds. The predicted octanol–water partition coefficient (Wildman–Crippen LogP) is 3.50. The number of hydrogen-bond donors (Lipinski definition) is 0. The van der Waals surface area contributed by atoms with Crippen LogP contribution in [0, 0.1) is 0 Å². The summed E-state index contributed by atoms with van der Waals surface area (Å²) in [5, 5.41) is 0. The van der Waals surface area contributed by atoms with Crippen LogP contribution in [0.1, 0.15) is 6.42 Å². The zero-order chi connectivity index (χ0) is 9.41. The van der Waals surface area contributed by atoms with Crippen molar-refractivity contribution < 1.29 is 17.6 Å². The van der Waals surface area contributed by atoms with Crippen LogP contribution in [0.5, 0.6) is 0 Å². The molecule has 0 saturated carbocycles. The first-order valence-corrected chi connectivity index (χ1v) is 3.95. The normalized spacial score (nSPS) is 30.2. The second kappa shape index (κ2) is 2.87. The molecule has 5 heteroatoms. The Kier molecular flexibility index (Phi) is 2.33. The molecule has 1 rings (SSSR count). The van der Waals surface area contributed by atoms with E-state index in [1.165, 1.54) is 0 Å². The highest BCUT2D eigenvalue weighted by Gasteiger charge is 2.51. The van der Waals surface area contributed by atoms with E-state index in [0.29, 0.717) is 6.08 Å². The Morgan fingerprint density at radius 3 is 2.33 bits per heavy atom. The fourth-order valence-corrected chi connectivity index (χ4v) is 1.27. The molecule has 12 heavy (non-hydrogen) atoms. The van der Waals surface area contributed by atoms with Crippen LogP contribution >= 0.6 is 15.9 Å². The topological polar surface area (TPSA) is 0 Å². The van der Waals surface area contributed by atoms with Crippen LogP contribution in [-0.4, -0.2) is 10.5 Å². The van der Waals surface area contributed by atoms with Gasteiger partial charge in [-0.3, -0.25) is 0 Å². The molecule has 0 fully saturated rings. The van der Waals surface area contributed by atoms with E-state index in [-0.39, 0.29) is 6.42 Å². The highest BCUT2D eigenvalue weighted by Crippen LogP contribution is 2.44. The van der Waals surface area contributed by atoms with Gasteiger partial charge < -0.3 is 0 Å². The summed E-state index contributed by atoms with van der Waals surface area (Å²) < 4.78 is 46.9. The van der Waals surface area contributed by atoms with E-state index in [1.54, 1.807) is 0 Å². The van der Waals surface area contributed by atoms with Crippen LogP contribution in [0.3, 0.4) is 0 Å². The van der Waals surface area contributed by atoms with Crippen molar-refractivity contribution in [2.24, 2.45) is 0 Å². The maximum Gasteiger partial charge on any atom is 0.407 e. The largest absolute Gasteiger partial charge is 0.407 e. The van der Waals surface area contributed by atoms with Crippen molar-refractivity contribution >= 4 is 15.9 Å². The minimum absolute atomic E-state index is 0.274. The Bertz CT molecular complexity index is 240. The number of rotatable bonds is 0. The third kappa shape index (κ3) is 1.71. The van der Waals surface area contributed by atoms with E-state index in [9.17, 15) is 17.6 Å². The van der Waals surface area contributed by atoms with Gasteiger partial charge in [0, 0.05) is 0 Å². The first-order valence-electron chi connectivity index (χ1n) is 3.16. The summed E-state index contributed by atoms with van der Waals surface area (Å²) in [5.74, 6) is -0.865. The Hall–Kier alpha value is -0.320. The Balaban J connectivity index is 2.95. The zero-order valence-electron chi connectivity index (χ0n) is 5.83. The molecule has 1 unspecified atom stereocenters. The van der Waals surface area contributed by atoms with Crippen molar-refractivity contribution in [3.05, 3.63) is 24.1 Å². The van der Waals surface area contributed by atoms with Gasteiger partial charge in [-0.2, -0.15) is 13.2 Å². The molecule has 1 aliphatic carbocycles. The third-order valence-corrected chi connectivity index (χ3v) is 2.53. The predicted molar refractivity (Wildman–Crippen MR) is 40.7 cm³/mol. The molecule has 0 heterocycles. The number of allylic oxidation sites excluding steroid dienone is 4. The van der Waals surface area contributed by atoms with Crippen LogP contribution in [-0.2, 0) is 0 Å². The third-order valence-electron chi connectivity index (χ3n) is 1.53. The van der Waals surface area contributed by atoms with Crippen LogP contribution in [0.15, 0.2) is 24.1 Å². The van der Waals surface area contributed by atoms with Gasteiger partial charge in [0.05, 0.1) is 0 Å². The van der Waals surface area contributed by atoms with Gasteiger partial charge in [0.15, 0.2) is 0 Å². The monoisotopic (exact) mass is 244 g/mol. The SMILES string of the molecule is FC1=CC(Br)(C(F)(F)F)CC=C1. The van der Waals surface area contributed by atoms with Crippen molar-refractivity contribution in [3.63, 3.8) is 0 Å². The van der Waals surface area contributed by atoms with Gasteiger partial charge in [0.1, 0.15) is 10.2 Å². The van der Waals surface area contributed by atoms with E-state index in [4.69, 9.17) is 0 Å². The molecule has 68 valence electrons. The smallest absolute Gasteiger partial charge is 0.207 e. The van der Waals surface area contributed by atoms with Crippen molar-refractivity contribution in [2.75, 3.05) is 0 Å². The summed E-state index contributed by atoms with van der Waals surface area (Å²) in [7, 11) is 0. The summed E-state index contributed by atoms with van der Waals surface area (Å²) in [6.45, 7) is 0. The fraction of sp³-hybridized carbons (Fsp3) is 0.429. The first kappa shape index (κ1) is 9.77. The molecule has 0 aromatic rings. The van der Waals surface area contributed by atoms with E-state index < -0.39 is 16.3 Å². The summed E-state index contributed by atoms with van der Waals surface area (Å²) >= 11 is 2.46. The van der Waals surface area contributed by atoms with Gasteiger partial charge in [-0.1, -0.05) is 22.0 Å². The zero-order valence-corrected chi connectivity index (χ0v) is 7.41. The van der Waals surface area contributed by atoms with Crippen molar-refractivity contribution in [1.82, 2.24) is 0 Å². The van der Waals surface area contributed by atoms with E-state index in [2.05, 4.69) is 15.9 Å². The fourth-order valence-electron chi connectivity index (χ4n) is 0.866. The van der Waals surface area contributed by atoms with Gasteiger partial charge in [-0.15, -0.1) is 0 Å². The highest BCUT2D eigenvalue weighted by molar-refractivity contribution is 9.10. The van der Waals surface area contributed by atoms with Crippen molar-refractivity contribution in [3.8, 4) is 0 Å². The molecule has 0 saturated heterocycles. The van der Waals surface area contributed by atoms with E-state index in [0.717, 1.165) is 12.2 Å². The average Bonchev–Trinajstić information content (AvgIpc) is 1.83. The van der Waals surface area contributed by atoms with Gasteiger partial charge in [0.2, 0.25) is 0 Å². The molecule has 0 radical (unpaired) electrons. The molecular weight excluding hydrogens is 240 g/mol. The molecule has 0 N–H and O–H groups in total. The molecule has 0 nitrogen and oxygen atoms in total. The lowest BCUT2D eigenvalue weighted by Crippen LogP contribution is -2.37. The summed E-state index contributed by atoms with van der Waals surface area (Å²) in [6.07, 6.45) is -2.03. The minimum atomic E-state index is -4.46. The summed E-state index contributed by atoms with van der Waals surface area (Å²) in [5.41, 5.74) is 0. The van der Waals surface area contributed by atoms with E-state index in [1.807, 2.05) is 0 Å². The van der Waals surface area contributed by atoms with E-state index >= 15 is 0 Å². The lowest BCUT2D eigenvalue weighted by atomic mass is 10.00. The molecule has 1 atom stereocenters. The van der Waals surface area contributed by atoms with Crippen molar-refractivity contribution in [2.45, 2.75) is 16.9 Å². The lowest BCUT2D eigenvalue weighted by molar-refractivity contribution is -0.145. The van der Waals surface area contributed by atoms with Gasteiger partial charge >= 0.3 is 6.18 Å². The average molecular weight is 245 g/mol. The van der Waals surface area contributed by atoms with Crippen LogP contribution in [0.2, 0.25) is 0 Å². The molecule has 1 aliphatic rings. The molecule has 0 aliphatic heterocycles. The summed E-state index contributed by atoms with van der Waals surface area (Å²) in [6, 6.07) is 0. The second-order valence-electron chi connectivity index (χ2n) is 2.50. The van der Waals surface area contributed by atoms with Gasteiger partial charge in [0.25, 0.3) is 0 Å². The number of hydrogen-bond acceptors (Lipinski definition) is 0. The summed E-state index contributed by atoms with van der Waals surface area (Å²) in [4.78, 5) is 0. The van der Waals surface area contributed by atoms with Crippen LogP contribution in [0.4, 0.5) is 17.6 Å². The van der Waals surface area contributed by atoms with Crippen LogP contribution in [0.25, 0.3) is 0 Å². The quantitative estimate of drug-likeness (QED) is 0.452. The Morgan fingerprint density at radius 2 is 2.00 bits per heavy atom. The van der Waals surface area contributed by atoms with Crippen molar-refractivity contribution in [1.29, 1.82) is 0 Å². The minimum Gasteiger partial charge on any atom is -0.207 e. The maximum absolute atomic E-state index is 12.5. The second-order valence-corrected chi connectivity index (χ2v) is 3.91. The standard InChI is InChI=1S/C7H5BrF4/c8-6(7(10,11)12)3-1-2-5(9)4-6/h1-2,4H,3H2. The Morgan fingerprint density at radius 1 is 1.42 bits per heavy atom. The molecule has 0 bridgehead atoms. The molecule has 0 spiro atoms. The molecule has 0 aromatic heterocycles. The highest BCUT2D eigenvalue weighted by atomic mass is 79.9. The molecular formula is C7H5BrF4. The van der Waals surface area contributed by atoms with Gasteiger partial charge in [-0.25, -0.2) is 4.39 Å². The lowest BCUT2D eigenvalue weighted by Gasteiger charge is -2.27. The Labute approximate surface area is 75.1 Å². The number of alkyl halides is 4. The number of halogens is 5. The molecule has 0 aromatic carbocycles. The van der Waals surface area contributed by atoms with Gasteiger partial charge in [-0.05, 0) is 18.6 Å². The van der Waals surface area contributed by atoms with Crippen LogP contribution < -0.4 is 0 Å². The first-order chi connectivity index (χ1) is 5.35. The maximum atomic E-state index is 12.5.